The van der Waals surface area contributed by atoms with Gasteiger partial charge < -0.3 is 15.2 Å². The van der Waals surface area contributed by atoms with E-state index in [4.69, 9.17) is 11.0 Å². The van der Waals surface area contributed by atoms with E-state index < -0.39 is 0 Å². The van der Waals surface area contributed by atoms with E-state index in [0.29, 0.717) is 24.3 Å². The quantitative estimate of drug-likeness (QED) is 0.910. The number of aromatic nitrogens is 1. The number of nitrogens with zero attached hydrogens (tertiary/aromatic N) is 3. The molecule has 1 aromatic heterocycles. The van der Waals surface area contributed by atoms with E-state index in [2.05, 4.69) is 6.07 Å². The number of nitriles is 1. The Morgan fingerprint density at radius 3 is 2.80 bits per heavy atom. The molecule has 0 aliphatic carbocycles. The fourth-order valence-corrected chi connectivity index (χ4v) is 2.00. The summed E-state index contributed by atoms with van der Waals surface area (Å²) in [6.07, 6.45) is 1.63. The number of benzene rings is 1. The molecule has 0 unspecified atom stereocenters. The van der Waals surface area contributed by atoms with Crippen molar-refractivity contribution in [3.8, 4) is 6.07 Å². The second-order valence-corrected chi connectivity index (χ2v) is 4.54. The Labute approximate surface area is 117 Å². The SMILES string of the molecule is CN(CCn1cc(N)ccc1=O)c1ccccc1C#N. The Morgan fingerprint density at radius 2 is 2.05 bits per heavy atom. The van der Waals surface area contributed by atoms with Crippen molar-refractivity contribution in [2.24, 2.45) is 0 Å². The molecule has 0 aliphatic heterocycles. The molecule has 0 amide bonds. The second-order valence-electron chi connectivity index (χ2n) is 4.54. The van der Waals surface area contributed by atoms with Gasteiger partial charge in [0.15, 0.2) is 0 Å². The summed E-state index contributed by atoms with van der Waals surface area (Å²) in [5.41, 5.74) is 7.63. The molecule has 0 bridgehead atoms. The lowest BCUT2D eigenvalue weighted by Gasteiger charge is -2.21. The Morgan fingerprint density at radius 1 is 1.30 bits per heavy atom. The topological polar surface area (TPSA) is 75.0 Å². The standard InChI is InChI=1S/C15H16N4O/c1-18(14-5-3-2-4-12(14)10-16)8-9-19-11-13(17)6-7-15(19)20/h2-7,11H,8-9,17H2,1H3. The first-order valence-corrected chi connectivity index (χ1v) is 6.28. The van der Waals surface area contributed by atoms with Gasteiger partial charge in [-0.25, -0.2) is 0 Å². The third kappa shape index (κ3) is 2.98. The van der Waals surface area contributed by atoms with Crippen LogP contribution in [0, 0.1) is 11.3 Å². The highest BCUT2D eigenvalue weighted by Crippen LogP contribution is 2.17. The predicted molar refractivity (Wildman–Crippen MR) is 79.5 cm³/mol. The van der Waals surface area contributed by atoms with Crippen LogP contribution in [0.25, 0.3) is 0 Å². The van der Waals surface area contributed by atoms with Gasteiger partial charge in [0, 0.05) is 38.1 Å². The van der Waals surface area contributed by atoms with Gasteiger partial charge in [0.1, 0.15) is 6.07 Å². The fourth-order valence-electron chi connectivity index (χ4n) is 2.00. The molecule has 2 N–H and O–H groups in total. The summed E-state index contributed by atoms with van der Waals surface area (Å²) in [5, 5.41) is 9.08. The number of para-hydroxylation sites is 1. The highest BCUT2D eigenvalue weighted by atomic mass is 16.1. The zero-order valence-electron chi connectivity index (χ0n) is 11.3. The number of likely N-dealkylation sites (N-methyl/N-ethyl adjacent to an activating group) is 1. The molecule has 0 saturated heterocycles. The lowest BCUT2D eigenvalue weighted by atomic mass is 10.2. The Hall–Kier alpha value is -2.74. The molecule has 0 spiro atoms. The number of nitrogen functional groups attached to an aromatic ring is 1. The van der Waals surface area contributed by atoms with Crippen molar-refractivity contribution >= 4 is 11.4 Å². The van der Waals surface area contributed by atoms with Crippen LogP contribution in [0.1, 0.15) is 5.56 Å². The third-order valence-electron chi connectivity index (χ3n) is 3.12. The summed E-state index contributed by atoms with van der Waals surface area (Å²) in [6, 6.07) is 12.6. The van der Waals surface area contributed by atoms with Crippen molar-refractivity contribution in [3.05, 3.63) is 58.5 Å². The summed E-state index contributed by atoms with van der Waals surface area (Å²) >= 11 is 0. The molecule has 0 radical (unpaired) electrons. The molecule has 0 saturated carbocycles. The van der Waals surface area contributed by atoms with E-state index in [1.165, 1.54) is 6.07 Å². The van der Waals surface area contributed by atoms with Crippen LogP contribution in [-0.4, -0.2) is 18.2 Å². The first kappa shape index (κ1) is 13.7. The molecule has 2 rings (SSSR count). The highest BCUT2D eigenvalue weighted by molar-refractivity contribution is 5.58. The van der Waals surface area contributed by atoms with Gasteiger partial charge in [-0.3, -0.25) is 4.79 Å². The van der Waals surface area contributed by atoms with E-state index >= 15 is 0 Å². The second kappa shape index (κ2) is 5.93. The van der Waals surface area contributed by atoms with Gasteiger partial charge in [0.2, 0.25) is 0 Å². The number of anilines is 2. The van der Waals surface area contributed by atoms with Crippen molar-refractivity contribution in [3.63, 3.8) is 0 Å². The molecular formula is C15H16N4O. The summed E-state index contributed by atoms with van der Waals surface area (Å²) in [4.78, 5) is 13.6. The van der Waals surface area contributed by atoms with Crippen LogP contribution in [0.4, 0.5) is 11.4 Å². The minimum Gasteiger partial charge on any atom is -0.398 e. The highest BCUT2D eigenvalue weighted by Gasteiger charge is 2.06. The van der Waals surface area contributed by atoms with Crippen molar-refractivity contribution in [1.82, 2.24) is 4.57 Å². The van der Waals surface area contributed by atoms with Crippen LogP contribution in [-0.2, 0) is 6.54 Å². The van der Waals surface area contributed by atoms with Crippen LogP contribution >= 0.6 is 0 Å². The summed E-state index contributed by atoms with van der Waals surface area (Å²) in [5.74, 6) is 0. The Bertz CT molecular complexity index is 700. The first-order chi connectivity index (χ1) is 9.61. The predicted octanol–water partition coefficient (Wildman–Crippen LogP) is 1.44. The average Bonchev–Trinajstić information content (AvgIpc) is 2.47. The number of hydrogen-bond acceptors (Lipinski definition) is 4. The molecule has 0 fully saturated rings. The molecule has 5 heteroatoms. The number of hydrogen-bond donors (Lipinski definition) is 1. The molecule has 0 atom stereocenters. The molecule has 2 aromatic rings. The maximum Gasteiger partial charge on any atom is 0.250 e. The summed E-state index contributed by atoms with van der Waals surface area (Å²) in [6.45, 7) is 1.13. The van der Waals surface area contributed by atoms with Crippen LogP contribution in [0.15, 0.2) is 47.4 Å². The number of pyridine rings is 1. The Balaban J connectivity index is 2.13. The van der Waals surface area contributed by atoms with E-state index in [1.807, 2.05) is 30.1 Å². The maximum atomic E-state index is 11.7. The normalized spacial score (nSPS) is 10.0. The van der Waals surface area contributed by atoms with Crippen LogP contribution < -0.4 is 16.2 Å². The van der Waals surface area contributed by atoms with Gasteiger partial charge in [0.05, 0.1) is 11.3 Å². The zero-order valence-corrected chi connectivity index (χ0v) is 11.3. The minimum atomic E-state index is -0.0823. The van der Waals surface area contributed by atoms with E-state index in [-0.39, 0.29) is 5.56 Å². The largest absolute Gasteiger partial charge is 0.398 e. The fraction of sp³-hybridized carbons (Fsp3) is 0.200. The van der Waals surface area contributed by atoms with Gasteiger partial charge in [-0.05, 0) is 18.2 Å². The number of rotatable bonds is 4. The lowest BCUT2D eigenvalue weighted by molar-refractivity contribution is 0.662. The summed E-state index contributed by atoms with van der Waals surface area (Å²) < 4.78 is 1.57. The molecular weight excluding hydrogens is 252 g/mol. The number of nitrogens with two attached hydrogens (primary N) is 1. The smallest absolute Gasteiger partial charge is 0.250 e. The van der Waals surface area contributed by atoms with Crippen molar-refractivity contribution in [1.29, 1.82) is 5.26 Å². The first-order valence-electron chi connectivity index (χ1n) is 6.28. The lowest BCUT2D eigenvalue weighted by Crippen LogP contribution is -2.28. The van der Waals surface area contributed by atoms with Crippen LogP contribution in [0.2, 0.25) is 0 Å². The van der Waals surface area contributed by atoms with Gasteiger partial charge >= 0.3 is 0 Å². The van der Waals surface area contributed by atoms with Gasteiger partial charge in [-0.15, -0.1) is 0 Å². The van der Waals surface area contributed by atoms with Crippen molar-refractivity contribution in [2.75, 3.05) is 24.2 Å². The van der Waals surface area contributed by atoms with Gasteiger partial charge in [-0.1, -0.05) is 12.1 Å². The molecule has 0 aliphatic rings. The molecule has 102 valence electrons. The van der Waals surface area contributed by atoms with E-state index in [1.54, 1.807) is 22.9 Å². The van der Waals surface area contributed by atoms with Crippen molar-refractivity contribution in [2.45, 2.75) is 6.54 Å². The van der Waals surface area contributed by atoms with Gasteiger partial charge in [0.25, 0.3) is 5.56 Å². The monoisotopic (exact) mass is 268 g/mol. The molecule has 20 heavy (non-hydrogen) atoms. The average molecular weight is 268 g/mol. The van der Waals surface area contributed by atoms with E-state index in [9.17, 15) is 4.79 Å². The molecule has 1 aromatic carbocycles. The summed E-state index contributed by atoms with van der Waals surface area (Å²) in [7, 11) is 1.90. The third-order valence-corrected chi connectivity index (χ3v) is 3.12. The van der Waals surface area contributed by atoms with E-state index in [0.717, 1.165) is 5.69 Å². The molecule has 1 heterocycles. The maximum absolute atomic E-state index is 11.7. The minimum absolute atomic E-state index is 0.0823. The van der Waals surface area contributed by atoms with Gasteiger partial charge in [-0.2, -0.15) is 5.26 Å². The molecule has 5 nitrogen and oxygen atoms in total. The van der Waals surface area contributed by atoms with Crippen LogP contribution in [0.3, 0.4) is 0 Å². The zero-order chi connectivity index (χ0) is 14.5. The van der Waals surface area contributed by atoms with Crippen LogP contribution in [0.5, 0.6) is 0 Å². The van der Waals surface area contributed by atoms with Crippen molar-refractivity contribution < 1.29 is 0 Å². The Kier molecular flexibility index (Phi) is 4.06.